The van der Waals surface area contributed by atoms with Crippen molar-refractivity contribution < 1.29 is 29.2 Å². The second kappa shape index (κ2) is 27.8. The van der Waals surface area contributed by atoms with E-state index < -0.39 is 0 Å². The van der Waals surface area contributed by atoms with Crippen LogP contribution < -0.4 is 14.2 Å². The van der Waals surface area contributed by atoms with E-state index in [0.29, 0.717) is 50.4 Å². The first kappa shape index (κ1) is 50.8. The van der Waals surface area contributed by atoms with Gasteiger partial charge in [-0.25, -0.2) is 0 Å². The molecule has 6 nitrogen and oxygen atoms in total. The fourth-order valence-corrected chi connectivity index (χ4v) is 8.37. The fourth-order valence-electron chi connectivity index (χ4n) is 7.99. The quantitative estimate of drug-likeness (QED) is 0.0400. The molecule has 0 aromatic heterocycles. The first-order valence-electron chi connectivity index (χ1n) is 23.5. The fraction of sp³-hybridized carbons (Fsp3) is 0.161. The lowest BCUT2D eigenvalue weighted by molar-refractivity contribution is 0.0889. The molecule has 0 amide bonds. The first-order chi connectivity index (χ1) is 34.5. The first-order valence-corrected chi connectivity index (χ1v) is 24.5. The highest BCUT2D eigenvalue weighted by atomic mass is 35.5. The maximum Gasteiger partial charge on any atom is 0.119 e. The van der Waals surface area contributed by atoms with Crippen molar-refractivity contribution in [1.82, 2.24) is 0 Å². The summed E-state index contributed by atoms with van der Waals surface area (Å²) in [6, 6.07) is 72.6. The van der Waals surface area contributed by atoms with Gasteiger partial charge in [0, 0.05) is 11.8 Å². The number of hydrogen-bond acceptors (Lipinski definition) is 6. The molecule has 8 aromatic carbocycles. The Labute approximate surface area is 422 Å². The minimum atomic E-state index is -0.0196. The van der Waals surface area contributed by atoms with Gasteiger partial charge in [-0.2, -0.15) is 0 Å². The van der Waals surface area contributed by atoms with Gasteiger partial charge in [0.1, 0.15) is 42.8 Å². The normalized spacial score (nSPS) is 11.6. The standard InChI is InChI=1S/C38H35ClO3.C24H23ClO3/c39-25-24-37(32-14-8-3-9-15-32)38(34-18-22-36(23-19-34)42-29-31-12-6-2-7-13-31)33-16-20-35(21-17-33)41-27-26-40-28-30-10-4-1-5-11-30;25-15-14-23(18-4-2-1-3-5-18)24(19-6-10-21(27)11-7-19)20-8-12-22(13-9-20)28-17-16-26/h1-23H,24-29H2;1-13,26-27H,14-17H2/b;24-23-. The van der Waals surface area contributed by atoms with Crippen molar-refractivity contribution >= 4 is 45.5 Å². The SMILES string of the molecule is ClCCC(=C(c1ccc(OCCOCc2ccccc2)cc1)c1ccc(OCc2ccccc2)cc1)c1ccccc1.OCCOc1ccc(/C(=C(/CCCl)c2ccccc2)c2ccc(O)cc2)cc1. The van der Waals surface area contributed by atoms with Crippen LogP contribution in [0.15, 0.2) is 218 Å². The van der Waals surface area contributed by atoms with Gasteiger partial charge in [-0.05, 0) is 128 Å². The van der Waals surface area contributed by atoms with Crippen molar-refractivity contribution in [3.63, 3.8) is 0 Å². The van der Waals surface area contributed by atoms with Gasteiger partial charge in [-0.3, -0.25) is 0 Å². The molecule has 2 N–H and O–H groups in total. The lowest BCUT2D eigenvalue weighted by Gasteiger charge is -2.18. The summed E-state index contributed by atoms with van der Waals surface area (Å²) in [5.74, 6) is 3.61. The molecule has 8 heteroatoms. The van der Waals surface area contributed by atoms with Gasteiger partial charge < -0.3 is 29.2 Å². The van der Waals surface area contributed by atoms with Crippen molar-refractivity contribution in [2.45, 2.75) is 26.1 Å². The molecule has 0 aliphatic heterocycles. The third kappa shape index (κ3) is 15.2. The summed E-state index contributed by atoms with van der Waals surface area (Å²) in [7, 11) is 0. The molecule has 0 fully saturated rings. The summed E-state index contributed by atoms with van der Waals surface area (Å²) in [4.78, 5) is 0. The minimum Gasteiger partial charge on any atom is -0.508 e. The second-order valence-electron chi connectivity index (χ2n) is 16.2. The van der Waals surface area contributed by atoms with Gasteiger partial charge in [-0.15, -0.1) is 23.2 Å². The van der Waals surface area contributed by atoms with Crippen LogP contribution in [0.2, 0.25) is 0 Å². The number of alkyl halides is 2. The number of benzene rings is 8. The molecular formula is C62H58Cl2O6. The van der Waals surface area contributed by atoms with Crippen LogP contribution in [0, 0.1) is 0 Å². The molecule has 8 rings (SSSR count). The van der Waals surface area contributed by atoms with E-state index in [0.717, 1.165) is 79.1 Å². The van der Waals surface area contributed by atoms with Crippen LogP contribution in [-0.2, 0) is 18.0 Å². The monoisotopic (exact) mass is 968 g/mol. The molecule has 0 saturated heterocycles. The molecule has 0 heterocycles. The van der Waals surface area contributed by atoms with Gasteiger partial charge in [0.25, 0.3) is 0 Å². The zero-order valence-electron chi connectivity index (χ0n) is 39.1. The number of allylic oxidation sites excluding steroid dienone is 2. The summed E-state index contributed by atoms with van der Waals surface area (Å²) in [6.45, 7) is 2.37. The number of halogens is 2. The van der Waals surface area contributed by atoms with Crippen LogP contribution in [-0.4, -0.2) is 48.4 Å². The smallest absolute Gasteiger partial charge is 0.119 e. The van der Waals surface area contributed by atoms with E-state index in [9.17, 15) is 5.11 Å². The molecule has 0 spiro atoms. The van der Waals surface area contributed by atoms with Gasteiger partial charge >= 0.3 is 0 Å². The van der Waals surface area contributed by atoms with Gasteiger partial charge in [-0.1, -0.05) is 170 Å². The molecule has 0 saturated carbocycles. The highest BCUT2D eigenvalue weighted by molar-refractivity contribution is 6.19. The highest BCUT2D eigenvalue weighted by Crippen LogP contribution is 2.38. The van der Waals surface area contributed by atoms with Gasteiger partial charge in [0.2, 0.25) is 0 Å². The molecule has 356 valence electrons. The molecule has 0 aliphatic rings. The Morgan fingerprint density at radius 2 is 0.714 bits per heavy atom. The molecule has 0 radical (unpaired) electrons. The summed E-state index contributed by atoms with van der Waals surface area (Å²) < 4.78 is 23.3. The number of ether oxygens (including phenoxy) is 4. The zero-order valence-corrected chi connectivity index (χ0v) is 40.7. The Kier molecular flexibility index (Phi) is 20.2. The van der Waals surface area contributed by atoms with E-state index >= 15 is 0 Å². The van der Waals surface area contributed by atoms with Crippen LogP contribution in [0.1, 0.15) is 57.3 Å². The largest absolute Gasteiger partial charge is 0.508 e. The van der Waals surface area contributed by atoms with Gasteiger partial charge in [0.15, 0.2) is 0 Å². The predicted octanol–water partition coefficient (Wildman–Crippen LogP) is 14.8. The van der Waals surface area contributed by atoms with Crippen LogP contribution in [0.3, 0.4) is 0 Å². The number of aliphatic hydroxyl groups is 1. The molecule has 70 heavy (non-hydrogen) atoms. The maximum absolute atomic E-state index is 9.71. The van der Waals surface area contributed by atoms with Crippen molar-refractivity contribution in [3.8, 4) is 23.0 Å². The second-order valence-corrected chi connectivity index (χ2v) is 16.9. The lowest BCUT2D eigenvalue weighted by Crippen LogP contribution is -2.06. The third-order valence-corrected chi connectivity index (χ3v) is 11.7. The Morgan fingerprint density at radius 1 is 0.357 bits per heavy atom. The van der Waals surface area contributed by atoms with E-state index in [1.54, 1.807) is 12.1 Å². The number of phenols is 1. The van der Waals surface area contributed by atoms with Crippen LogP contribution in [0.5, 0.6) is 23.0 Å². The summed E-state index contributed by atoms with van der Waals surface area (Å²) in [5, 5.41) is 18.6. The molecule has 8 aromatic rings. The topological polar surface area (TPSA) is 77.4 Å². The summed E-state index contributed by atoms with van der Waals surface area (Å²) >= 11 is 12.5. The maximum atomic E-state index is 9.71. The van der Waals surface area contributed by atoms with Crippen LogP contribution >= 0.6 is 23.2 Å². The van der Waals surface area contributed by atoms with E-state index in [1.807, 2.05) is 121 Å². The Balaban J connectivity index is 0.000000224. The number of aliphatic hydroxyl groups excluding tert-OH is 1. The zero-order chi connectivity index (χ0) is 48.6. The van der Waals surface area contributed by atoms with Crippen molar-refractivity contribution in [2.24, 2.45) is 0 Å². The highest BCUT2D eigenvalue weighted by Gasteiger charge is 2.16. The van der Waals surface area contributed by atoms with E-state index in [-0.39, 0.29) is 19.0 Å². The molecule has 0 bridgehead atoms. The number of aromatic hydroxyl groups is 1. The van der Waals surface area contributed by atoms with E-state index in [4.69, 9.17) is 47.3 Å². The van der Waals surface area contributed by atoms with Gasteiger partial charge in [0.05, 0.1) is 19.8 Å². The minimum absolute atomic E-state index is 0.0196. The number of phenolic OH excluding ortho intramolecular Hbond substituents is 1. The lowest BCUT2D eigenvalue weighted by atomic mass is 9.88. The van der Waals surface area contributed by atoms with E-state index in [1.165, 1.54) is 5.57 Å². The average Bonchev–Trinajstić information content (AvgIpc) is 3.42. The van der Waals surface area contributed by atoms with Crippen molar-refractivity contribution in [1.29, 1.82) is 0 Å². The van der Waals surface area contributed by atoms with Crippen molar-refractivity contribution in [2.75, 3.05) is 38.2 Å². The molecular weight excluding hydrogens is 912 g/mol. The molecule has 0 atom stereocenters. The molecule has 0 unspecified atom stereocenters. The number of rotatable bonds is 22. The predicted molar refractivity (Wildman–Crippen MR) is 288 cm³/mol. The Hall–Kier alpha value is -7.06. The van der Waals surface area contributed by atoms with Crippen molar-refractivity contribution in [3.05, 3.63) is 263 Å². The summed E-state index contributed by atoms with van der Waals surface area (Å²) in [5.41, 5.74) is 13.4. The third-order valence-electron chi connectivity index (χ3n) is 11.3. The Bertz CT molecular complexity index is 2800. The summed E-state index contributed by atoms with van der Waals surface area (Å²) in [6.07, 6.45) is 1.45. The Morgan fingerprint density at radius 3 is 1.11 bits per heavy atom. The van der Waals surface area contributed by atoms with E-state index in [2.05, 4.69) is 84.9 Å². The van der Waals surface area contributed by atoms with Crippen LogP contribution in [0.4, 0.5) is 0 Å². The average molecular weight is 970 g/mol. The molecule has 0 aliphatic carbocycles. The van der Waals surface area contributed by atoms with Crippen LogP contribution in [0.25, 0.3) is 22.3 Å². The number of hydrogen-bond donors (Lipinski definition) is 2.